The third-order valence-electron chi connectivity index (χ3n) is 3.71. The van der Waals surface area contributed by atoms with Crippen LogP contribution in [0.5, 0.6) is 11.5 Å². The number of nitrogens with zero attached hydrogens (tertiary/aromatic N) is 2. The lowest BCUT2D eigenvalue weighted by molar-refractivity contribution is -0.134. The number of hydrogen-bond donors (Lipinski definition) is 1. The molecule has 0 radical (unpaired) electrons. The average Bonchev–Trinajstić information content (AvgIpc) is 2.57. The van der Waals surface area contributed by atoms with Gasteiger partial charge in [0.2, 0.25) is 11.8 Å². The molecule has 7 nitrogen and oxygen atoms in total. The molecule has 1 N–H and O–H groups in total. The fourth-order valence-corrected chi connectivity index (χ4v) is 2.33. The molecule has 1 aromatic carbocycles. The molecular formula is C18H29N3O4. The minimum atomic E-state index is -0.158. The average molecular weight is 351 g/mol. The van der Waals surface area contributed by atoms with Gasteiger partial charge in [0, 0.05) is 20.0 Å². The van der Waals surface area contributed by atoms with E-state index in [2.05, 4.69) is 10.2 Å². The van der Waals surface area contributed by atoms with E-state index in [1.807, 2.05) is 26.2 Å². The van der Waals surface area contributed by atoms with Crippen molar-refractivity contribution in [1.82, 2.24) is 15.1 Å². The Hall–Kier alpha value is -2.28. The van der Waals surface area contributed by atoms with Crippen molar-refractivity contribution in [3.05, 3.63) is 23.8 Å². The molecule has 1 rings (SSSR count). The van der Waals surface area contributed by atoms with Gasteiger partial charge in [-0.15, -0.1) is 0 Å². The molecule has 0 aliphatic carbocycles. The SMILES string of the molecule is COc1ccc(CN(CC(=O)NCCCN(C)C)C(C)=O)cc1OC. The second-order valence-corrected chi connectivity index (χ2v) is 6.07. The summed E-state index contributed by atoms with van der Waals surface area (Å²) in [6.45, 7) is 3.33. The van der Waals surface area contributed by atoms with E-state index >= 15 is 0 Å². The largest absolute Gasteiger partial charge is 0.493 e. The summed E-state index contributed by atoms with van der Waals surface area (Å²) in [7, 11) is 7.11. The maximum atomic E-state index is 12.1. The molecule has 7 heteroatoms. The van der Waals surface area contributed by atoms with Crippen molar-refractivity contribution < 1.29 is 19.1 Å². The van der Waals surface area contributed by atoms with Gasteiger partial charge >= 0.3 is 0 Å². The number of benzene rings is 1. The Morgan fingerprint density at radius 1 is 1.12 bits per heavy atom. The number of carbonyl (C=O) groups excluding carboxylic acids is 2. The Morgan fingerprint density at radius 2 is 1.80 bits per heavy atom. The van der Waals surface area contributed by atoms with E-state index in [-0.39, 0.29) is 18.4 Å². The highest BCUT2D eigenvalue weighted by molar-refractivity contribution is 5.83. The third kappa shape index (κ3) is 7.43. The predicted octanol–water partition coefficient (Wildman–Crippen LogP) is 1.12. The first-order chi connectivity index (χ1) is 11.9. The summed E-state index contributed by atoms with van der Waals surface area (Å²) >= 11 is 0. The number of amides is 2. The molecule has 1 aromatic rings. The maximum absolute atomic E-state index is 12.1. The molecule has 0 aliphatic heterocycles. The minimum Gasteiger partial charge on any atom is -0.493 e. The lowest BCUT2D eigenvalue weighted by atomic mass is 10.2. The maximum Gasteiger partial charge on any atom is 0.239 e. The minimum absolute atomic E-state index is 0.0334. The van der Waals surface area contributed by atoms with Crippen LogP contribution in [-0.4, -0.2) is 69.6 Å². The van der Waals surface area contributed by atoms with E-state index in [0.717, 1.165) is 18.5 Å². The van der Waals surface area contributed by atoms with Crippen LogP contribution in [0.3, 0.4) is 0 Å². The summed E-state index contributed by atoms with van der Waals surface area (Å²) in [5, 5.41) is 2.85. The summed E-state index contributed by atoms with van der Waals surface area (Å²) in [5.41, 5.74) is 0.869. The van der Waals surface area contributed by atoms with Crippen LogP contribution in [0.15, 0.2) is 18.2 Å². The Kier molecular flexibility index (Phi) is 8.77. The first-order valence-electron chi connectivity index (χ1n) is 8.25. The van der Waals surface area contributed by atoms with Crippen LogP contribution < -0.4 is 14.8 Å². The summed E-state index contributed by atoms with van der Waals surface area (Å²) in [5.74, 6) is 0.906. The van der Waals surface area contributed by atoms with E-state index in [4.69, 9.17) is 9.47 Å². The van der Waals surface area contributed by atoms with Crippen molar-refractivity contribution in [1.29, 1.82) is 0 Å². The Labute approximate surface area is 149 Å². The molecule has 0 saturated heterocycles. The lowest BCUT2D eigenvalue weighted by Crippen LogP contribution is -2.40. The Morgan fingerprint density at radius 3 is 2.36 bits per heavy atom. The molecule has 0 atom stereocenters. The number of hydrogen-bond acceptors (Lipinski definition) is 5. The molecule has 0 spiro atoms. The fraction of sp³-hybridized carbons (Fsp3) is 0.556. The van der Waals surface area contributed by atoms with E-state index in [1.54, 1.807) is 20.3 Å². The first kappa shape index (κ1) is 20.8. The number of carbonyl (C=O) groups is 2. The van der Waals surface area contributed by atoms with E-state index in [9.17, 15) is 9.59 Å². The number of methoxy groups -OCH3 is 2. The lowest BCUT2D eigenvalue weighted by Gasteiger charge is -2.21. The quantitative estimate of drug-likeness (QED) is 0.640. The molecule has 0 aliphatic rings. The monoisotopic (exact) mass is 351 g/mol. The zero-order valence-electron chi connectivity index (χ0n) is 15.8. The van der Waals surface area contributed by atoms with Crippen molar-refractivity contribution >= 4 is 11.8 Å². The normalized spacial score (nSPS) is 10.5. The molecule has 0 unspecified atom stereocenters. The fourth-order valence-electron chi connectivity index (χ4n) is 2.33. The predicted molar refractivity (Wildman–Crippen MR) is 96.8 cm³/mol. The molecule has 140 valence electrons. The van der Waals surface area contributed by atoms with Gasteiger partial charge in [-0.1, -0.05) is 6.07 Å². The number of rotatable bonds is 10. The second kappa shape index (κ2) is 10.6. The second-order valence-electron chi connectivity index (χ2n) is 6.07. The van der Waals surface area contributed by atoms with E-state index in [1.165, 1.54) is 11.8 Å². The van der Waals surface area contributed by atoms with Crippen molar-refractivity contribution in [2.24, 2.45) is 0 Å². The summed E-state index contributed by atoms with van der Waals surface area (Å²) in [6.07, 6.45) is 0.870. The molecule has 0 bridgehead atoms. The topological polar surface area (TPSA) is 71.1 Å². The molecule has 25 heavy (non-hydrogen) atoms. The van der Waals surface area contributed by atoms with Crippen molar-refractivity contribution in [3.63, 3.8) is 0 Å². The van der Waals surface area contributed by atoms with Crippen LogP contribution in [0.1, 0.15) is 18.9 Å². The standard InChI is InChI=1S/C18H29N3O4/c1-14(22)21(13-18(23)19-9-6-10-20(2)3)12-15-7-8-16(24-4)17(11-15)25-5/h7-8,11H,6,9-10,12-13H2,1-5H3,(H,19,23). The van der Waals surface area contributed by atoms with Gasteiger partial charge in [-0.25, -0.2) is 0 Å². The zero-order chi connectivity index (χ0) is 18.8. The molecular weight excluding hydrogens is 322 g/mol. The number of ether oxygens (including phenoxy) is 2. The summed E-state index contributed by atoms with van der Waals surface area (Å²) in [4.78, 5) is 27.5. The highest BCUT2D eigenvalue weighted by Gasteiger charge is 2.15. The first-order valence-corrected chi connectivity index (χ1v) is 8.25. The van der Waals surface area contributed by atoms with Crippen molar-refractivity contribution in [2.45, 2.75) is 19.9 Å². The summed E-state index contributed by atoms with van der Waals surface area (Å²) < 4.78 is 10.5. The third-order valence-corrected chi connectivity index (χ3v) is 3.71. The molecule has 0 aromatic heterocycles. The van der Waals surface area contributed by atoms with Gasteiger partial charge in [0.1, 0.15) is 0 Å². The van der Waals surface area contributed by atoms with Gasteiger partial charge in [-0.05, 0) is 44.8 Å². The highest BCUT2D eigenvalue weighted by atomic mass is 16.5. The van der Waals surface area contributed by atoms with Gasteiger partial charge in [-0.3, -0.25) is 9.59 Å². The van der Waals surface area contributed by atoms with Crippen LogP contribution in [-0.2, 0) is 16.1 Å². The van der Waals surface area contributed by atoms with Crippen LogP contribution in [0.25, 0.3) is 0 Å². The van der Waals surface area contributed by atoms with Gasteiger partial charge in [0.15, 0.2) is 11.5 Å². The van der Waals surface area contributed by atoms with Crippen LogP contribution in [0.4, 0.5) is 0 Å². The zero-order valence-corrected chi connectivity index (χ0v) is 15.8. The van der Waals surface area contributed by atoms with Gasteiger partial charge in [0.05, 0.1) is 20.8 Å². The van der Waals surface area contributed by atoms with Crippen LogP contribution in [0, 0.1) is 0 Å². The van der Waals surface area contributed by atoms with Crippen molar-refractivity contribution in [3.8, 4) is 11.5 Å². The van der Waals surface area contributed by atoms with Gasteiger partial charge < -0.3 is 24.6 Å². The molecule has 0 fully saturated rings. The Balaban J connectivity index is 2.62. The van der Waals surface area contributed by atoms with Gasteiger partial charge in [-0.2, -0.15) is 0 Å². The van der Waals surface area contributed by atoms with E-state index < -0.39 is 0 Å². The van der Waals surface area contributed by atoms with Crippen molar-refractivity contribution in [2.75, 3.05) is 47.9 Å². The highest BCUT2D eigenvalue weighted by Crippen LogP contribution is 2.28. The Bertz CT molecular complexity index is 575. The molecule has 0 saturated carbocycles. The smallest absolute Gasteiger partial charge is 0.239 e. The van der Waals surface area contributed by atoms with Crippen LogP contribution >= 0.6 is 0 Å². The molecule has 0 heterocycles. The molecule has 2 amide bonds. The summed E-state index contributed by atoms with van der Waals surface area (Å²) in [6, 6.07) is 5.45. The number of nitrogens with one attached hydrogen (secondary N) is 1. The van der Waals surface area contributed by atoms with E-state index in [0.29, 0.717) is 24.6 Å². The van der Waals surface area contributed by atoms with Crippen LogP contribution in [0.2, 0.25) is 0 Å². The van der Waals surface area contributed by atoms with Gasteiger partial charge in [0.25, 0.3) is 0 Å².